The number of ether oxygens (including phenoxy) is 1. The van der Waals surface area contributed by atoms with Gasteiger partial charge in [-0.25, -0.2) is 0 Å². The van der Waals surface area contributed by atoms with E-state index >= 15 is 0 Å². The summed E-state index contributed by atoms with van der Waals surface area (Å²) < 4.78 is 6.18. The number of rotatable bonds is 0. The van der Waals surface area contributed by atoms with Gasteiger partial charge in [0.15, 0.2) is 5.17 Å². The van der Waals surface area contributed by atoms with Crippen LogP contribution in [0.3, 0.4) is 0 Å². The van der Waals surface area contributed by atoms with E-state index in [0.29, 0.717) is 11.5 Å². The molecule has 1 aromatic carbocycles. The maximum atomic E-state index is 11.9. The number of carbonyl (C=O) groups excluding carboxylic acids is 1. The van der Waals surface area contributed by atoms with Crippen LogP contribution in [0.2, 0.25) is 0 Å². The van der Waals surface area contributed by atoms with Gasteiger partial charge in [0.25, 0.3) is 5.91 Å². The van der Waals surface area contributed by atoms with Crippen LogP contribution in [-0.2, 0) is 21.7 Å². The van der Waals surface area contributed by atoms with Crippen LogP contribution in [0.1, 0.15) is 30.9 Å². The first kappa shape index (κ1) is 15.0. The summed E-state index contributed by atoms with van der Waals surface area (Å²) >= 11 is 1.45. The summed E-state index contributed by atoms with van der Waals surface area (Å²) in [4.78, 5) is 19.0. The summed E-state index contributed by atoms with van der Waals surface area (Å²) in [6.07, 6.45) is 1.86. The molecule has 0 bridgehead atoms. The van der Waals surface area contributed by atoms with Gasteiger partial charge in [-0.3, -0.25) is 4.79 Å². The van der Waals surface area contributed by atoms with Crippen molar-refractivity contribution >= 4 is 22.8 Å². The van der Waals surface area contributed by atoms with Gasteiger partial charge in [0, 0.05) is 13.1 Å². The zero-order valence-corrected chi connectivity index (χ0v) is 14.0. The van der Waals surface area contributed by atoms with E-state index in [1.54, 1.807) is 0 Å². The first-order valence-corrected chi connectivity index (χ1v) is 8.72. The van der Waals surface area contributed by atoms with E-state index in [0.717, 1.165) is 36.7 Å². The second-order valence-corrected chi connectivity index (χ2v) is 7.32. The average Bonchev–Trinajstić information content (AvgIpc) is 3.11. The molecule has 1 radical (unpaired) electrons. The van der Waals surface area contributed by atoms with Crippen LogP contribution >= 0.6 is 11.8 Å². The zero-order valence-electron chi connectivity index (χ0n) is 13.2. The predicted molar refractivity (Wildman–Crippen MR) is 91.8 cm³/mol. The number of amidine groups is 1. The average molecular weight is 327 g/mol. The van der Waals surface area contributed by atoms with Crippen LogP contribution in [0.15, 0.2) is 39.7 Å². The van der Waals surface area contributed by atoms with Crippen LogP contribution in [0.25, 0.3) is 0 Å². The van der Waals surface area contributed by atoms with Gasteiger partial charge in [-0.05, 0) is 49.6 Å². The summed E-state index contributed by atoms with van der Waals surface area (Å²) in [6, 6.07) is 8.50. The van der Waals surface area contributed by atoms with Crippen molar-refractivity contribution in [3.63, 3.8) is 0 Å². The SMILES string of the molecule is [CH2]/C(C)=C1\SC(N2CCC3(CC2)OCc2ccccc23)=NC1=O. The number of nitrogens with zero attached hydrogens (tertiary/aromatic N) is 2. The maximum absolute atomic E-state index is 11.9. The third-order valence-electron chi connectivity index (χ3n) is 4.83. The molecule has 1 spiro atoms. The van der Waals surface area contributed by atoms with Crippen LogP contribution < -0.4 is 0 Å². The van der Waals surface area contributed by atoms with E-state index in [1.165, 1.54) is 22.9 Å². The Balaban J connectivity index is 1.50. The number of hydrogen-bond donors (Lipinski definition) is 0. The molecule has 1 amide bonds. The van der Waals surface area contributed by atoms with E-state index in [4.69, 9.17) is 4.74 Å². The summed E-state index contributed by atoms with van der Waals surface area (Å²) in [7, 11) is 0. The number of carbonyl (C=O) groups is 1. The zero-order chi connectivity index (χ0) is 16.0. The standard InChI is InChI=1S/C18H19N2O2S/c1-12(2)15-16(21)19-17(23-15)20-9-7-18(8-10-20)14-6-4-3-5-13(14)11-22-18/h3-6H,1,7-11H2,2H3/b15-12+. The lowest BCUT2D eigenvalue weighted by molar-refractivity contribution is -0.113. The smallest absolute Gasteiger partial charge is 0.286 e. The Morgan fingerprint density at radius 2 is 2.09 bits per heavy atom. The number of likely N-dealkylation sites (tertiary alicyclic amines) is 1. The molecule has 4 rings (SSSR count). The Bertz CT molecular complexity index is 726. The van der Waals surface area contributed by atoms with Crippen LogP contribution in [0.4, 0.5) is 0 Å². The van der Waals surface area contributed by atoms with E-state index in [1.807, 2.05) is 6.92 Å². The quantitative estimate of drug-likeness (QED) is 0.686. The Hall–Kier alpha value is -1.59. The van der Waals surface area contributed by atoms with Crippen LogP contribution in [0, 0.1) is 6.92 Å². The lowest BCUT2D eigenvalue weighted by atomic mass is 9.84. The molecular weight excluding hydrogens is 308 g/mol. The molecule has 119 valence electrons. The van der Waals surface area contributed by atoms with Gasteiger partial charge in [0.05, 0.1) is 17.1 Å². The van der Waals surface area contributed by atoms with Gasteiger partial charge >= 0.3 is 0 Å². The minimum Gasteiger partial charge on any atom is -0.365 e. The maximum Gasteiger partial charge on any atom is 0.286 e. The van der Waals surface area contributed by atoms with Gasteiger partial charge in [-0.2, -0.15) is 4.99 Å². The largest absolute Gasteiger partial charge is 0.365 e. The van der Waals surface area contributed by atoms with E-state index in [9.17, 15) is 4.79 Å². The van der Waals surface area contributed by atoms with E-state index in [-0.39, 0.29) is 11.5 Å². The molecule has 0 saturated carbocycles. The molecule has 0 N–H and O–H groups in total. The van der Waals surface area contributed by atoms with Gasteiger partial charge in [0.2, 0.25) is 0 Å². The number of piperidine rings is 1. The molecule has 4 nitrogen and oxygen atoms in total. The number of fused-ring (bicyclic) bond motifs is 2. The number of benzene rings is 1. The fraction of sp³-hybridized carbons (Fsp3) is 0.389. The summed E-state index contributed by atoms with van der Waals surface area (Å²) in [5.41, 5.74) is 3.29. The fourth-order valence-electron chi connectivity index (χ4n) is 3.56. The van der Waals surface area contributed by atoms with Gasteiger partial charge in [0.1, 0.15) is 0 Å². The van der Waals surface area contributed by atoms with Gasteiger partial charge in [-0.1, -0.05) is 29.8 Å². The molecule has 0 aliphatic carbocycles. The Morgan fingerprint density at radius 3 is 2.78 bits per heavy atom. The molecule has 23 heavy (non-hydrogen) atoms. The minimum absolute atomic E-state index is 0.151. The Labute approximate surface area is 140 Å². The minimum atomic E-state index is -0.153. The third-order valence-corrected chi connectivity index (χ3v) is 6.09. The highest BCUT2D eigenvalue weighted by atomic mass is 32.2. The second kappa shape index (κ2) is 5.49. The van der Waals surface area contributed by atoms with Crippen molar-refractivity contribution in [2.75, 3.05) is 13.1 Å². The molecule has 0 atom stereocenters. The van der Waals surface area contributed by atoms with Crippen molar-refractivity contribution in [3.8, 4) is 0 Å². The van der Waals surface area contributed by atoms with Crippen molar-refractivity contribution in [2.45, 2.75) is 32.0 Å². The molecule has 3 aliphatic rings. The fourth-order valence-corrected chi connectivity index (χ4v) is 4.49. The molecular formula is C18H19N2O2S. The molecule has 1 aromatic rings. The molecule has 5 heteroatoms. The van der Waals surface area contributed by atoms with Gasteiger partial charge in [-0.15, -0.1) is 0 Å². The molecule has 1 fully saturated rings. The first-order valence-electron chi connectivity index (χ1n) is 7.90. The molecule has 1 saturated heterocycles. The molecule has 3 heterocycles. The molecule has 0 aromatic heterocycles. The highest BCUT2D eigenvalue weighted by molar-refractivity contribution is 8.18. The lowest BCUT2D eigenvalue weighted by Gasteiger charge is -2.39. The van der Waals surface area contributed by atoms with Crippen molar-refractivity contribution in [1.82, 2.24) is 4.90 Å². The highest BCUT2D eigenvalue weighted by Crippen LogP contribution is 2.45. The number of thioether (sulfide) groups is 1. The topological polar surface area (TPSA) is 41.9 Å². The third kappa shape index (κ3) is 2.42. The lowest BCUT2D eigenvalue weighted by Crippen LogP contribution is -2.44. The number of hydrogen-bond acceptors (Lipinski definition) is 4. The van der Waals surface area contributed by atoms with Crippen LogP contribution in [0.5, 0.6) is 0 Å². The number of allylic oxidation sites excluding steroid dienone is 1. The summed E-state index contributed by atoms with van der Waals surface area (Å²) in [5, 5.41) is 0.814. The molecule has 0 unspecified atom stereocenters. The van der Waals surface area contributed by atoms with Crippen molar-refractivity contribution in [3.05, 3.63) is 52.8 Å². The second-order valence-electron chi connectivity index (χ2n) is 6.34. The Morgan fingerprint density at radius 1 is 1.35 bits per heavy atom. The van der Waals surface area contributed by atoms with Crippen molar-refractivity contribution < 1.29 is 9.53 Å². The Kier molecular flexibility index (Phi) is 3.58. The van der Waals surface area contributed by atoms with Crippen molar-refractivity contribution in [2.24, 2.45) is 4.99 Å². The van der Waals surface area contributed by atoms with Crippen LogP contribution in [-0.4, -0.2) is 29.1 Å². The van der Waals surface area contributed by atoms with E-state index in [2.05, 4.69) is 41.1 Å². The van der Waals surface area contributed by atoms with Crippen molar-refractivity contribution in [1.29, 1.82) is 0 Å². The predicted octanol–water partition coefficient (Wildman–Crippen LogP) is 3.25. The summed E-state index contributed by atoms with van der Waals surface area (Å²) in [6.45, 7) is 8.14. The van der Waals surface area contributed by atoms with E-state index < -0.39 is 0 Å². The first-order chi connectivity index (χ1) is 11.1. The monoisotopic (exact) mass is 327 g/mol. The van der Waals surface area contributed by atoms with Gasteiger partial charge < -0.3 is 9.64 Å². The number of aliphatic imine (C=N–C) groups is 1. The molecule has 3 aliphatic heterocycles. The highest BCUT2D eigenvalue weighted by Gasteiger charge is 2.43. The normalized spacial score (nSPS) is 24.9. The number of amides is 1. The summed E-state index contributed by atoms with van der Waals surface area (Å²) in [5.74, 6) is -0.153.